The van der Waals surface area contributed by atoms with Gasteiger partial charge in [0.25, 0.3) is 0 Å². The van der Waals surface area contributed by atoms with E-state index >= 15 is 0 Å². The fraction of sp³-hybridized carbons (Fsp3) is 0.273. The van der Waals surface area contributed by atoms with Gasteiger partial charge in [-0.25, -0.2) is 0 Å². The Labute approximate surface area is 79.0 Å². The van der Waals surface area contributed by atoms with Gasteiger partial charge in [0, 0.05) is 24.5 Å². The molecule has 0 amide bonds. The van der Waals surface area contributed by atoms with Gasteiger partial charge in [0.15, 0.2) is 0 Å². The molecule has 0 aliphatic rings. The Hall–Kier alpha value is -1.44. The molecule has 2 heteroatoms. The second-order valence-corrected chi connectivity index (χ2v) is 2.99. The van der Waals surface area contributed by atoms with Gasteiger partial charge < -0.3 is 0 Å². The maximum atomic E-state index is 4.27. The van der Waals surface area contributed by atoms with E-state index in [-0.39, 0.29) is 0 Å². The first kappa shape index (κ1) is 9.65. The van der Waals surface area contributed by atoms with Crippen LogP contribution in [0.3, 0.4) is 0 Å². The van der Waals surface area contributed by atoms with E-state index in [9.17, 15) is 0 Å². The van der Waals surface area contributed by atoms with Gasteiger partial charge in [0.1, 0.15) is 0 Å². The Morgan fingerprint density at radius 2 is 2.15 bits per heavy atom. The van der Waals surface area contributed by atoms with Gasteiger partial charge in [-0.1, -0.05) is 6.58 Å². The third-order valence-electron chi connectivity index (χ3n) is 1.94. The zero-order valence-corrected chi connectivity index (χ0v) is 8.33. The highest BCUT2D eigenvalue weighted by atomic mass is 14.7. The molecule has 0 saturated heterocycles. The normalized spacial score (nSPS) is 11.5. The molecule has 0 bridgehead atoms. The van der Waals surface area contributed by atoms with Gasteiger partial charge in [-0.15, -0.1) is 0 Å². The average molecular weight is 174 g/mol. The molecule has 0 saturated carbocycles. The maximum absolute atomic E-state index is 4.27. The van der Waals surface area contributed by atoms with E-state index in [1.165, 1.54) is 0 Å². The second-order valence-electron chi connectivity index (χ2n) is 2.99. The van der Waals surface area contributed by atoms with Crippen LogP contribution in [0.5, 0.6) is 0 Å². The zero-order valence-electron chi connectivity index (χ0n) is 8.33. The summed E-state index contributed by atoms with van der Waals surface area (Å²) in [4.78, 5) is 8.40. The quantitative estimate of drug-likeness (QED) is 0.632. The number of rotatable bonds is 2. The Kier molecular flexibility index (Phi) is 2.96. The van der Waals surface area contributed by atoms with Crippen LogP contribution in [0.2, 0.25) is 0 Å². The number of pyridine rings is 1. The van der Waals surface area contributed by atoms with Gasteiger partial charge >= 0.3 is 0 Å². The third kappa shape index (κ3) is 2.02. The standard InChI is InChI=1S/C11H14N2/c1-8(2)11-10(9(3)12-4)6-5-7-13-11/h5-7H,1H2,2-4H3. The first-order valence-electron chi connectivity index (χ1n) is 4.21. The highest BCUT2D eigenvalue weighted by Gasteiger charge is 2.05. The molecule has 0 radical (unpaired) electrons. The molecule has 0 aromatic carbocycles. The van der Waals surface area contributed by atoms with Crippen LogP contribution in [0.25, 0.3) is 5.57 Å². The van der Waals surface area contributed by atoms with Crippen molar-refractivity contribution in [3.05, 3.63) is 36.2 Å². The third-order valence-corrected chi connectivity index (χ3v) is 1.94. The molecule has 0 fully saturated rings. The lowest BCUT2D eigenvalue weighted by molar-refractivity contribution is 1.25. The topological polar surface area (TPSA) is 25.2 Å². The number of hydrogen-bond acceptors (Lipinski definition) is 2. The molecule has 1 aromatic heterocycles. The minimum absolute atomic E-state index is 0.936. The summed E-state index contributed by atoms with van der Waals surface area (Å²) >= 11 is 0. The summed E-state index contributed by atoms with van der Waals surface area (Å²) in [7, 11) is 1.78. The van der Waals surface area contributed by atoms with Crippen LogP contribution in [0.1, 0.15) is 25.1 Å². The summed E-state index contributed by atoms with van der Waals surface area (Å²) in [6.45, 7) is 7.81. The smallest absolute Gasteiger partial charge is 0.0743 e. The highest BCUT2D eigenvalue weighted by molar-refractivity contribution is 6.01. The second kappa shape index (κ2) is 3.99. The Morgan fingerprint density at radius 3 is 2.69 bits per heavy atom. The monoisotopic (exact) mass is 174 g/mol. The van der Waals surface area contributed by atoms with Crippen LogP contribution in [0, 0.1) is 0 Å². The van der Waals surface area contributed by atoms with Crippen molar-refractivity contribution in [2.24, 2.45) is 4.99 Å². The first-order chi connectivity index (χ1) is 6.16. The van der Waals surface area contributed by atoms with Crippen molar-refractivity contribution in [1.29, 1.82) is 0 Å². The molecule has 1 heterocycles. The van der Waals surface area contributed by atoms with Crippen LogP contribution in [-0.4, -0.2) is 17.7 Å². The van der Waals surface area contributed by atoms with E-state index in [1.807, 2.05) is 26.0 Å². The maximum Gasteiger partial charge on any atom is 0.0743 e. The van der Waals surface area contributed by atoms with E-state index in [1.54, 1.807) is 13.2 Å². The molecule has 1 rings (SSSR count). The molecule has 2 nitrogen and oxygen atoms in total. The van der Waals surface area contributed by atoms with E-state index in [0.717, 1.165) is 22.5 Å². The number of aromatic nitrogens is 1. The van der Waals surface area contributed by atoms with Crippen LogP contribution in [-0.2, 0) is 0 Å². The lowest BCUT2D eigenvalue weighted by atomic mass is 10.1. The number of allylic oxidation sites excluding steroid dienone is 1. The first-order valence-corrected chi connectivity index (χ1v) is 4.21. The summed E-state index contributed by atoms with van der Waals surface area (Å²) < 4.78 is 0. The highest BCUT2D eigenvalue weighted by Crippen LogP contribution is 2.14. The summed E-state index contributed by atoms with van der Waals surface area (Å²) in [5, 5.41) is 0. The molecule has 0 aliphatic carbocycles. The SMILES string of the molecule is C=C(C)c1ncccc1C(C)=NC. The molecule has 13 heavy (non-hydrogen) atoms. The fourth-order valence-electron chi connectivity index (χ4n) is 1.16. The predicted octanol–water partition coefficient (Wildman–Crippen LogP) is 2.55. The largest absolute Gasteiger partial charge is 0.293 e. The van der Waals surface area contributed by atoms with Crippen molar-refractivity contribution in [3.63, 3.8) is 0 Å². The minimum Gasteiger partial charge on any atom is -0.293 e. The van der Waals surface area contributed by atoms with Crippen LogP contribution in [0.4, 0.5) is 0 Å². The molecule has 0 unspecified atom stereocenters. The van der Waals surface area contributed by atoms with Gasteiger partial charge in [-0.3, -0.25) is 9.98 Å². The van der Waals surface area contributed by atoms with Crippen LogP contribution in [0.15, 0.2) is 29.9 Å². The molecule has 68 valence electrons. The minimum atomic E-state index is 0.936. The Morgan fingerprint density at radius 1 is 1.46 bits per heavy atom. The summed E-state index contributed by atoms with van der Waals surface area (Å²) in [6.07, 6.45) is 1.77. The average Bonchev–Trinajstić information content (AvgIpc) is 2.16. The lowest BCUT2D eigenvalue weighted by Gasteiger charge is -2.06. The molecule has 1 aromatic rings. The van der Waals surface area contributed by atoms with E-state index < -0.39 is 0 Å². The predicted molar refractivity (Wildman–Crippen MR) is 57.1 cm³/mol. The van der Waals surface area contributed by atoms with Gasteiger partial charge in [0.05, 0.1) is 5.69 Å². The molecule has 0 N–H and O–H groups in total. The van der Waals surface area contributed by atoms with E-state index in [0.29, 0.717) is 0 Å². The van der Waals surface area contributed by atoms with Crippen molar-refractivity contribution in [2.45, 2.75) is 13.8 Å². The van der Waals surface area contributed by atoms with Crippen molar-refractivity contribution in [3.8, 4) is 0 Å². The number of hydrogen-bond donors (Lipinski definition) is 0. The summed E-state index contributed by atoms with van der Waals surface area (Å²) in [5.74, 6) is 0. The van der Waals surface area contributed by atoms with Crippen molar-refractivity contribution < 1.29 is 0 Å². The van der Waals surface area contributed by atoms with E-state index in [2.05, 4.69) is 16.6 Å². The molecule has 0 atom stereocenters. The van der Waals surface area contributed by atoms with Crippen LogP contribution >= 0.6 is 0 Å². The Bertz CT molecular complexity index is 351. The van der Waals surface area contributed by atoms with Crippen LogP contribution < -0.4 is 0 Å². The lowest BCUT2D eigenvalue weighted by Crippen LogP contribution is -2.01. The van der Waals surface area contributed by atoms with Gasteiger partial charge in [-0.05, 0) is 31.6 Å². The number of aliphatic imine (C=N–C) groups is 1. The molecule has 0 aliphatic heterocycles. The fourth-order valence-corrected chi connectivity index (χ4v) is 1.16. The van der Waals surface area contributed by atoms with Crippen molar-refractivity contribution in [2.75, 3.05) is 7.05 Å². The summed E-state index contributed by atoms with van der Waals surface area (Å²) in [5.41, 5.74) is 3.97. The summed E-state index contributed by atoms with van der Waals surface area (Å²) in [6, 6.07) is 3.93. The van der Waals surface area contributed by atoms with Crippen molar-refractivity contribution >= 4 is 11.3 Å². The van der Waals surface area contributed by atoms with E-state index in [4.69, 9.17) is 0 Å². The van der Waals surface area contributed by atoms with Gasteiger partial charge in [0.2, 0.25) is 0 Å². The molecular formula is C11H14N2. The Balaban J connectivity index is 3.28. The van der Waals surface area contributed by atoms with Crippen molar-refractivity contribution in [1.82, 2.24) is 4.98 Å². The zero-order chi connectivity index (χ0) is 9.84. The number of nitrogens with zero attached hydrogens (tertiary/aromatic N) is 2. The van der Waals surface area contributed by atoms with Gasteiger partial charge in [-0.2, -0.15) is 0 Å². The molecule has 0 spiro atoms. The molecular weight excluding hydrogens is 160 g/mol.